The molecule has 37 heavy (non-hydrogen) atoms. The Balaban J connectivity index is 1.57. The van der Waals surface area contributed by atoms with Gasteiger partial charge in [-0.25, -0.2) is 14.9 Å². The monoisotopic (exact) mass is 500 g/mol. The maximum Gasteiger partial charge on any atom is 0.332 e. The second-order valence-electron chi connectivity index (χ2n) is 9.17. The summed E-state index contributed by atoms with van der Waals surface area (Å²) in [4.78, 5) is 31.0. The summed E-state index contributed by atoms with van der Waals surface area (Å²) >= 11 is 0. The lowest BCUT2D eigenvalue weighted by Gasteiger charge is -2.13. The van der Waals surface area contributed by atoms with Crippen LogP contribution in [0.15, 0.2) is 58.1 Å². The van der Waals surface area contributed by atoms with E-state index < -0.39 is 5.69 Å². The van der Waals surface area contributed by atoms with Crippen molar-refractivity contribution in [3.8, 4) is 22.5 Å². The van der Waals surface area contributed by atoms with Gasteiger partial charge in [-0.3, -0.25) is 13.9 Å². The molecule has 0 saturated heterocycles. The zero-order chi connectivity index (χ0) is 26.1. The summed E-state index contributed by atoms with van der Waals surface area (Å²) in [6.45, 7) is 4.93. The molecule has 190 valence electrons. The maximum absolute atomic E-state index is 13.5. The summed E-state index contributed by atoms with van der Waals surface area (Å²) in [6.07, 6.45) is 0. The number of aromatic amines is 1. The zero-order valence-corrected chi connectivity index (χ0v) is 21.2. The Morgan fingerprint density at radius 3 is 2.38 bits per heavy atom. The molecule has 0 aliphatic heterocycles. The van der Waals surface area contributed by atoms with E-state index in [1.54, 1.807) is 14.2 Å². The highest BCUT2D eigenvalue weighted by atomic mass is 16.5. The van der Waals surface area contributed by atoms with Gasteiger partial charge in [0, 0.05) is 32.2 Å². The third-order valence-electron chi connectivity index (χ3n) is 6.43. The highest BCUT2D eigenvalue weighted by Gasteiger charge is 2.22. The molecule has 0 saturated carbocycles. The molecule has 5 rings (SSSR count). The Bertz CT molecular complexity index is 1660. The van der Waals surface area contributed by atoms with E-state index in [1.807, 2.05) is 66.9 Å². The lowest BCUT2D eigenvalue weighted by atomic mass is 9.98. The van der Waals surface area contributed by atoms with Crippen LogP contribution >= 0.6 is 0 Å². The zero-order valence-electron chi connectivity index (χ0n) is 21.2. The number of rotatable bonds is 8. The number of aryl methyl sites for hydroxylation is 1. The van der Waals surface area contributed by atoms with Crippen molar-refractivity contribution in [1.29, 1.82) is 0 Å². The first-order valence-electron chi connectivity index (χ1n) is 12.0. The van der Waals surface area contributed by atoms with Gasteiger partial charge in [0.05, 0.1) is 13.2 Å². The molecule has 3 heterocycles. The van der Waals surface area contributed by atoms with Crippen molar-refractivity contribution < 1.29 is 4.74 Å². The first-order chi connectivity index (χ1) is 17.9. The van der Waals surface area contributed by atoms with Crippen LogP contribution in [0.4, 0.5) is 0 Å². The van der Waals surface area contributed by atoms with Crippen molar-refractivity contribution in [2.24, 2.45) is 7.05 Å². The fraction of sp³-hybridized carbons (Fsp3) is 0.308. The van der Waals surface area contributed by atoms with Gasteiger partial charge in [-0.05, 0) is 27.1 Å². The van der Waals surface area contributed by atoms with Gasteiger partial charge in [-0.1, -0.05) is 62.4 Å². The van der Waals surface area contributed by atoms with E-state index in [-0.39, 0.29) is 24.6 Å². The number of imidazole rings is 1. The SMILES string of the molecule is COCCn1c(=O)c2c(nc(C(C)C)n2Cc2ccc(-c3ccccc3-c3nnn[nH]3)cc2)n(C)c1=O. The minimum absolute atomic E-state index is 0.0518. The topological polar surface area (TPSA) is 126 Å². The minimum atomic E-state index is -0.403. The fourth-order valence-electron chi connectivity index (χ4n) is 4.56. The number of ether oxygens (including phenoxy) is 1. The van der Waals surface area contributed by atoms with Crippen LogP contribution in [0, 0.1) is 0 Å². The Morgan fingerprint density at radius 1 is 1.00 bits per heavy atom. The highest BCUT2D eigenvalue weighted by Crippen LogP contribution is 2.30. The van der Waals surface area contributed by atoms with Crippen molar-refractivity contribution in [3.05, 3.63) is 80.8 Å². The van der Waals surface area contributed by atoms with E-state index in [9.17, 15) is 9.59 Å². The molecule has 0 aliphatic rings. The normalized spacial score (nSPS) is 11.6. The van der Waals surface area contributed by atoms with Gasteiger partial charge in [-0.15, -0.1) is 5.10 Å². The predicted octanol–water partition coefficient (Wildman–Crippen LogP) is 2.56. The summed E-state index contributed by atoms with van der Waals surface area (Å²) in [5.74, 6) is 1.40. The summed E-state index contributed by atoms with van der Waals surface area (Å²) in [7, 11) is 3.19. The van der Waals surface area contributed by atoms with Crippen LogP contribution in [0.3, 0.4) is 0 Å². The van der Waals surface area contributed by atoms with E-state index in [4.69, 9.17) is 9.72 Å². The number of H-pyrrole nitrogens is 1. The van der Waals surface area contributed by atoms with Gasteiger partial charge in [0.25, 0.3) is 5.56 Å². The minimum Gasteiger partial charge on any atom is -0.383 e. The van der Waals surface area contributed by atoms with Gasteiger partial charge in [-0.2, -0.15) is 0 Å². The number of tetrazole rings is 1. The summed E-state index contributed by atoms with van der Waals surface area (Å²) in [5, 5.41) is 14.3. The molecule has 3 aromatic heterocycles. The van der Waals surface area contributed by atoms with Crippen LogP contribution in [0.1, 0.15) is 31.2 Å². The van der Waals surface area contributed by atoms with Crippen molar-refractivity contribution in [2.45, 2.75) is 32.9 Å². The van der Waals surface area contributed by atoms with Gasteiger partial charge >= 0.3 is 5.69 Å². The number of hydrogen-bond donors (Lipinski definition) is 1. The van der Waals surface area contributed by atoms with Crippen LogP contribution in [-0.4, -0.2) is 53.0 Å². The smallest absolute Gasteiger partial charge is 0.332 e. The molecule has 5 aromatic rings. The number of benzene rings is 2. The Hall–Kier alpha value is -4.38. The Kier molecular flexibility index (Phi) is 6.53. The van der Waals surface area contributed by atoms with Gasteiger partial charge in [0.15, 0.2) is 17.0 Å². The van der Waals surface area contributed by atoms with E-state index >= 15 is 0 Å². The lowest BCUT2D eigenvalue weighted by Crippen LogP contribution is -2.40. The molecule has 0 radical (unpaired) electrons. The molecule has 2 aromatic carbocycles. The highest BCUT2D eigenvalue weighted by molar-refractivity contribution is 5.80. The number of aromatic nitrogens is 8. The average Bonchev–Trinajstić information content (AvgIpc) is 3.57. The summed E-state index contributed by atoms with van der Waals surface area (Å²) in [5.41, 5.74) is 3.95. The molecule has 0 spiro atoms. The molecule has 0 aliphatic carbocycles. The third-order valence-corrected chi connectivity index (χ3v) is 6.43. The summed E-state index contributed by atoms with van der Waals surface area (Å²) in [6, 6.07) is 16.1. The fourth-order valence-corrected chi connectivity index (χ4v) is 4.56. The number of nitrogens with zero attached hydrogens (tertiary/aromatic N) is 7. The molecular weight excluding hydrogens is 472 g/mol. The molecule has 0 amide bonds. The maximum atomic E-state index is 13.5. The molecular formula is C26H28N8O3. The van der Waals surface area contributed by atoms with E-state index in [1.165, 1.54) is 9.13 Å². The van der Waals surface area contributed by atoms with Crippen LogP contribution in [0.2, 0.25) is 0 Å². The summed E-state index contributed by atoms with van der Waals surface area (Å²) < 4.78 is 9.69. The number of methoxy groups -OCH3 is 1. The van der Waals surface area contributed by atoms with Gasteiger partial charge in [0.1, 0.15) is 5.82 Å². The van der Waals surface area contributed by atoms with Crippen LogP contribution in [0.5, 0.6) is 0 Å². The lowest BCUT2D eigenvalue weighted by molar-refractivity contribution is 0.184. The third kappa shape index (κ3) is 4.38. The second-order valence-corrected chi connectivity index (χ2v) is 9.17. The van der Waals surface area contributed by atoms with Crippen molar-refractivity contribution in [3.63, 3.8) is 0 Å². The van der Waals surface area contributed by atoms with Crippen molar-refractivity contribution in [2.75, 3.05) is 13.7 Å². The Labute approximate surface area is 212 Å². The molecule has 0 fully saturated rings. The van der Waals surface area contributed by atoms with Crippen molar-refractivity contribution in [1.82, 2.24) is 39.3 Å². The number of hydrogen-bond acceptors (Lipinski definition) is 7. The number of fused-ring (bicyclic) bond motifs is 1. The van der Waals surface area contributed by atoms with E-state index in [2.05, 4.69) is 20.6 Å². The largest absolute Gasteiger partial charge is 0.383 e. The second kappa shape index (κ2) is 9.94. The van der Waals surface area contributed by atoms with E-state index in [0.29, 0.717) is 23.5 Å². The average molecular weight is 501 g/mol. The molecule has 0 unspecified atom stereocenters. The van der Waals surface area contributed by atoms with E-state index in [0.717, 1.165) is 28.1 Å². The molecule has 1 N–H and O–H groups in total. The quantitative estimate of drug-likeness (QED) is 0.347. The molecule has 11 heteroatoms. The van der Waals surface area contributed by atoms with Gasteiger partial charge < -0.3 is 9.30 Å². The Morgan fingerprint density at radius 2 is 1.73 bits per heavy atom. The van der Waals surface area contributed by atoms with Crippen LogP contribution in [-0.2, 0) is 24.9 Å². The first-order valence-corrected chi connectivity index (χ1v) is 12.0. The van der Waals surface area contributed by atoms with Crippen molar-refractivity contribution >= 4 is 11.2 Å². The van der Waals surface area contributed by atoms with Gasteiger partial charge in [0.2, 0.25) is 0 Å². The predicted molar refractivity (Wildman–Crippen MR) is 139 cm³/mol. The van der Waals surface area contributed by atoms with Crippen LogP contribution < -0.4 is 11.2 Å². The molecule has 11 nitrogen and oxygen atoms in total. The number of nitrogens with one attached hydrogen (secondary N) is 1. The van der Waals surface area contributed by atoms with Crippen LogP contribution in [0.25, 0.3) is 33.7 Å². The molecule has 0 atom stereocenters. The standard InChI is InChI=1S/C26H28N8O3/c1-16(2)23-27-24-21(25(35)33(13-14-37-4)26(36)32(24)3)34(23)15-17-9-11-18(12-10-17)19-7-5-6-8-20(19)22-28-30-31-29-22/h5-12,16H,13-15H2,1-4H3,(H,28,29,30,31). The molecule has 0 bridgehead atoms. The first kappa shape index (κ1) is 24.3.